The number of hydrogen-bond donors (Lipinski definition) is 8. The molecule has 6 amide bonds. The SMILES string of the molecule is CCCNC(=O)Nc1cccc(S(=O)(=O)Nc2cccc(C(CC(=O)O)NC(=O)CCCC(=O)N[C@@H](CC(C)C)C(=O)NCC(=O)N[C@H](C(=O)C[C@]3(CC)C(=O)OCc4c3cc3n(c4=O)Cc4cc5ccccc5nc4-3)C(C)C)c2)c1. The van der Waals surface area contributed by atoms with Gasteiger partial charge in [-0.15, -0.1) is 0 Å². The molecule has 0 fully saturated rings. The van der Waals surface area contributed by atoms with Crippen molar-refractivity contribution in [3.8, 4) is 11.4 Å². The molecule has 2 aromatic heterocycles. The summed E-state index contributed by atoms with van der Waals surface area (Å²) < 4.78 is 36.4. The van der Waals surface area contributed by atoms with Crippen LogP contribution < -0.4 is 42.2 Å². The number of aliphatic carboxylic acids is 1. The van der Waals surface area contributed by atoms with Crippen LogP contribution in [0.2, 0.25) is 0 Å². The molecule has 430 valence electrons. The summed E-state index contributed by atoms with van der Waals surface area (Å²) in [4.78, 5) is 125. The molecule has 2 aliphatic heterocycles. The Bertz CT molecular complexity index is 3430. The molecule has 4 atom stereocenters. The van der Waals surface area contributed by atoms with Gasteiger partial charge in [-0.2, -0.15) is 0 Å². The number of pyridine rings is 2. The van der Waals surface area contributed by atoms with Gasteiger partial charge in [0.2, 0.25) is 23.6 Å². The van der Waals surface area contributed by atoms with E-state index in [1.807, 2.05) is 51.1 Å². The number of Topliss-reactive ketones (excluding diaryl/α,β-unsaturated/α-hetero) is 1. The number of anilines is 2. The number of urea groups is 1. The van der Waals surface area contributed by atoms with Crippen molar-refractivity contribution in [2.24, 2.45) is 11.8 Å². The van der Waals surface area contributed by atoms with E-state index in [2.05, 4.69) is 36.6 Å². The van der Waals surface area contributed by atoms with Crippen LogP contribution in [-0.4, -0.2) is 95.6 Å². The third-order valence-corrected chi connectivity index (χ3v) is 15.6. The van der Waals surface area contributed by atoms with Crippen molar-refractivity contribution in [2.75, 3.05) is 23.1 Å². The van der Waals surface area contributed by atoms with Crippen LogP contribution in [0.3, 0.4) is 0 Å². The number of fused-ring (bicyclic) bond motifs is 5. The van der Waals surface area contributed by atoms with Crippen molar-refractivity contribution in [3.05, 3.63) is 118 Å². The van der Waals surface area contributed by atoms with E-state index in [4.69, 9.17) is 9.72 Å². The van der Waals surface area contributed by atoms with Crippen LogP contribution in [0.4, 0.5) is 16.2 Å². The number of aromatic nitrogens is 2. The Kier molecular flexibility index (Phi) is 19.5. The van der Waals surface area contributed by atoms with Crippen LogP contribution in [0.15, 0.2) is 94.6 Å². The molecule has 81 heavy (non-hydrogen) atoms. The number of carboxylic acids is 1. The molecule has 1 unspecified atom stereocenters. The smallest absolute Gasteiger partial charge is 0.319 e. The lowest BCUT2D eigenvalue weighted by Crippen LogP contribution is -2.53. The first-order chi connectivity index (χ1) is 38.5. The fraction of sp³-hybridized carbons (Fsp3) is 0.414. The number of nitrogens with one attached hydrogen (secondary N) is 7. The summed E-state index contributed by atoms with van der Waals surface area (Å²) >= 11 is 0. The third-order valence-electron chi connectivity index (χ3n) is 14.2. The van der Waals surface area contributed by atoms with Gasteiger partial charge in [0.15, 0.2) is 5.78 Å². The van der Waals surface area contributed by atoms with Crippen molar-refractivity contribution >= 4 is 79.7 Å². The number of nitrogens with zero attached hydrogens (tertiary/aromatic N) is 2. The Morgan fingerprint density at radius 1 is 0.815 bits per heavy atom. The number of sulfonamides is 1. The van der Waals surface area contributed by atoms with Crippen molar-refractivity contribution in [1.29, 1.82) is 0 Å². The van der Waals surface area contributed by atoms with Gasteiger partial charge in [-0.3, -0.25) is 43.1 Å². The molecule has 0 spiro atoms. The molecule has 23 heteroatoms. The average Bonchev–Trinajstić information content (AvgIpc) is 4.07. The highest BCUT2D eigenvalue weighted by molar-refractivity contribution is 7.92. The van der Waals surface area contributed by atoms with E-state index in [-0.39, 0.29) is 84.1 Å². The molecule has 3 aromatic carbocycles. The molecule has 0 saturated carbocycles. The van der Waals surface area contributed by atoms with Crippen molar-refractivity contribution in [3.63, 3.8) is 0 Å². The van der Waals surface area contributed by atoms with Gasteiger partial charge in [-0.05, 0) is 97.2 Å². The molecule has 22 nitrogen and oxygen atoms in total. The van der Waals surface area contributed by atoms with Gasteiger partial charge in [0.25, 0.3) is 15.6 Å². The zero-order valence-electron chi connectivity index (χ0n) is 46.1. The van der Waals surface area contributed by atoms with Gasteiger partial charge in [0.1, 0.15) is 18.1 Å². The van der Waals surface area contributed by atoms with Crippen LogP contribution in [0.25, 0.3) is 22.3 Å². The van der Waals surface area contributed by atoms with Crippen LogP contribution >= 0.6 is 0 Å². The Morgan fingerprint density at radius 2 is 1.53 bits per heavy atom. The lowest BCUT2D eigenvalue weighted by molar-refractivity contribution is -0.156. The molecule has 2 aliphatic rings. The van der Waals surface area contributed by atoms with E-state index in [1.165, 1.54) is 48.5 Å². The number of esters is 1. The number of ether oxygens (including phenoxy) is 1. The molecule has 0 aliphatic carbocycles. The summed E-state index contributed by atoms with van der Waals surface area (Å²) in [6.07, 6.45) is -0.376. The summed E-state index contributed by atoms with van der Waals surface area (Å²) in [6, 6.07) is 19.0. The second-order valence-electron chi connectivity index (χ2n) is 21.1. The largest absolute Gasteiger partial charge is 0.481 e. The minimum absolute atomic E-state index is 0.00104. The number of hydrogen-bond acceptors (Lipinski definition) is 13. The Labute approximate surface area is 469 Å². The minimum atomic E-state index is -4.20. The number of amides is 6. The molecule has 0 radical (unpaired) electrons. The minimum Gasteiger partial charge on any atom is -0.481 e. The van der Waals surface area contributed by atoms with Crippen molar-refractivity contribution in [2.45, 2.75) is 134 Å². The molecular weight excluding hydrogens is 1060 g/mol. The van der Waals surface area contributed by atoms with Gasteiger partial charge < -0.3 is 46.3 Å². The first-order valence-corrected chi connectivity index (χ1v) is 28.5. The summed E-state index contributed by atoms with van der Waals surface area (Å²) in [6.45, 7) is 10.6. The van der Waals surface area contributed by atoms with Gasteiger partial charge in [0.05, 0.1) is 59.0 Å². The summed E-state index contributed by atoms with van der Waals surface area (Å²) in [7, 11) is -4.20. The van der Waals surface area contributed by atoms with Gasteiger partial charge in [-0.25, -0.2) is 18.2 Å². The maximum atomic E-state index is 14.4. The summed E-state index contributed by atoms with van der Waals surface area (Å²) in [5.41, 5.74) is 2.06. The predicted molar refractivity (Wildman–Crippen MR) is 301 cm³/mol. The summed E-state index contributed by atoms with van der Waals surface area (Å²) in [5.74, 6) is -5.52. The molecule has 0 saturated heterocycles. The number of para-hydroxylation sites is 1. The predicted octanol–water partition coefficient (Wildman–Crippen LogP) is 5.71. The van der Waals surface area contributed by atoms with E-state index in [0.717, 1.165) is 16.5 Å². The zero-order valence-corrected chi connectivity index (χ0v) is 46.9. The van der Waals surface area contributed by atoms with Crippen LogP contribution in [0.1, 0.15) is 121 Å². The number of benzene rings is 3. The highest BCUT2D eigenvalue weighted by Crippen LogP contribution is 2.42. The number of ketones is 1. The van der Waals surface area contributed by atoms with Crippen LogP contribution in [0, 0.1) is 11.8 Å². The summed E-state index contributed by atoms with van der Waals surface area (Å²) in [5, 5.41) is 26.5. The molecular formula is C58H69N9O13S. The number of rotatable bonds is 26. The Balaban J connectivity index is 0.925. The third kappa shape index (κ3) is 14.7. The number of carbonyl (C=O) groups is 8. The standard InChI is InChI=1S/C58H69N9O13S/c1-7-22-59-57(77)61-38-16-12-18-40(26-38)81(78,79)66-39-17-11-15-36(25-39)44(28-51(72)73)62-48(69)20-13-21-49(70)63-45(23-33(3)4)54(74)60-30-50(71)65-52(34(5)6)47(68)29-58(8-2)42-27-46-53-37(24-35-14-9-10-19-43(35)64-53)31-67(46)55(75)41(42)32-80-56(58)76/h9-12,14-19,24-27,33-34,44-45,52,66H,7-8,13,20-23,28-32H2,1-6H3,(H,60,74)(H,62,69)(H,63,70)(H,65,71)(H,72,73)(H2,59,61,77)/t44?,45-,52-,58-/m0/s1. The maximum absolute atomic E-state index is 14.4. The maximum Gasteiger partial charge on any atom is 0.319 e. The first kappa shape index (κ1) is 60.2. The molecule has 8 N–H and O–H groups in total. The van der Waals surface area contributed by atoms with E-state index in [0.29, 0.717) is 29.9 Å². The second-order valence-corrected chi connectivity index (χ2v) is 22.8. The van der Waals surface area contributed by atoms with Crippen molar-refractivity contribution < 1.29 is 56.6 Å². The Hall–Kier alpha value is -8.47. The second kappa shape index (κ2) is 26.2. The zero-order chi connectivity index (χ0) is 58.8. The van der Waals surface area contributed by atoms with E-state index in [1.54, 1.807) is 31.4 Å². The lowest BCUT2D eigenvalue weighted by atomic mass is 9.70. The quantitative estimate of drug-likeness (QED) is 0.0302. The highest BCUT2D eigenvalue weighted by atomic mass is 32.2. The van der Waals surface area contributed by atoms with E-state index < -0.39 is 106 Å². The average molecular weight is 1130 g/mol. The van der Waals surface area contributed by atoms with Crippen LogP contribution in [-0.2, 0) is 66.9 Å². The fourth-order valence-electron chi connectivity index (χ4n) is 10.1. The molecule has 0 bridgehead atoms. The first-order valence-electron chi connectivity index (χ1n) is 27.0. The van der Waals surface area contributed by atoms with Crippen LogP contribution in [0.5, 0.6) is 0 Å². The molecule has 4 heterocycles. The van der Waals surface area contributed by atoms with Crippen molar-refractivity contribution in [1.82, 2.24) is 36.1 Å². The number of carboxylic acid groups (broad SMARTS) is 1. The normalized spacial score (nSPS) is 15.5. The van der Waals surface area contributed by atoms with E-state index >= 15 is 0 Å². The molecule has 5 aromatic rings. The van der Waals surface area contributed by atoms with Gasteiger partial charge in [0, 0.05) is 48.1 Å². The fourth-order valence-corrected chi connectivity index (χ4v) is 11.2. The number of cyclic esters (lactones) is 1. The van der Waals surface area contributed by atoms with E-state index in [9.17, 15) is 56.7 Å². The van der Waals surface area contributed by atoms with Gasteiger partial charge in [-0.1, -0.05) is 77.9 Å². The Morgan fingerprint density at radius 3 is 2.23 bits per heavy atom. The van der Waals surface area contributed by atoms with Gasteiger partial charge >= 0.3 is 18.0 Å². The topological polar surface area (TPSA) is 319 Å². The highest BCUT2D eigenvalue weighted by Gasteiger charge is 2.49. The lowest BCUT2D eigenvalue weighted by Gasteiger charge is -2.37. The number of carbonyl (C=O) groups excluding carboxylic acids is 7. The monoisotopic (exact) mass is 1130 g/mol. The molecule has 7 rings (SSSR count).